The molecule has 0 fully saturated rings. The van der Waals surface area contributed by atoms with Gasteiger partial charge in [-0.1, -0.05) is 55.3 Å². The third-order valence-corrected chi connectivity index (χ3v) is 5.00. The van der Waals surface area contributed by atoms with Crippen molar-refractivity contribution >= 4 is 23.5 Å². The third-order valence-electron chi connectivity index (χ3n) is 5.00. The zero-order valence-corrected chi connectivity index (χ0v) is 18.3. The first kappa shape index (κ1) is 25.0. The average molecular weight is 442 g/mol. The van der Waals surface area contributed by atoms with Gasteiger partial charge in [0.25, 0.3) is 0 Å². The molecule has 0 saturated heterocycles. The van der Waals surface area contributed by atoms with E-state index in [1.165, 1.54) is 7.11 Å². The lowest BCUT2D eigenvalue weighted by Gasteiger charge is -2.17. The van der Waals surface area contributed by atoms with Crippen molar-refractivity contribution in [2.75, 3.05) is 12.4 Å². The average Bonchev–Trinajstić information content (AvgIpc) is 2.82. The van der Waals surface area contributed by atoms with E-state index < -0.39 is 6.04 Å². The quantitative estimate of drug-likeness (QED) is 0.164. The second-order valence-electron chi connectivity index (χ2n) is 7.44. The van der Waals surface area contributed by atoms with Crippen molar-refractivity contribution in [3.63, 3.8) is 0 Å². The Morgan fingerprint density at radius 2 is 1.50 bits per heavy atom. The molecule has 8 heteroatoms. The van der Waals surface area contributed by atoms with E-state index in [1.54, 1.807) is 5.48 Å². The molecule has 2 aromatic carbocycles. The number of amides is 2. The van der Waals surface area contributed by atoms with Gasteiger partial charge < -0.3 is 10.1 Å². The summed E-state index contributed by atoms with van der Waals surface area (Å²) < 4.78 is 4.91. The topological polar surface area (TPSA) is 117 Å². The number of unbranched alkanes of at least 4 members (excludes halogenated alkanes) is 3. The van der Waals surface area contributed by atoms with Crippen LogP contribution in [0.4, 0.5) is 5.69 Å². The highest BCUT2D eigenvalue weighted by molar-refractivity contribution is 5.90. The SMILES string of the molecule is COC(=O)[C@H](NCc1ccc(NC(=O)CCCCCCC(=O)NO)cc1)c1ccccc1. The van der Waals surface area contributed by atoms with Crippen LogP contribution in [-0.2, 0) is 25.7 Å². The molecule has 0 bridgehead atoms. The molecule has 4 N–H and O–H groups in total. The molecule has 0 heterocycles. The predicted molar refractivity (Wildman–Crippen MR) is 121 cm³/mol. The van der Waals surface area contributed by atoms with Gasteiger partial charge >= 0.3 is 5.97 Å². The molecular weight excluding hydrogens is 410 g/mol. The van der Waals surface area contributed by atoms with Crippen molar-refractivity contribution in [3.05, 3.63) is 65.7 Å². The molecule has 0 aliphatic heterocycles. The number of anilines is 1. The number of ether oxygens (including phenoxy) is 1. The zero-order valence-electron chi connectivity index (χ0n) is 18.3. The molecule has 1 atom stereocenters. The van der Waals surface area contributed by atoms with E-state index >= 15 is 0 Å². The lowest BCUT2D eigenvalue weighted by molar-refractivity contribution is -0.143. The zero-order chi connectivity index (χ0) is 23.2. The van der Waals surface area contributed by atoms with Crippen molar-refractivity contribution in [2.45, 2.75) is 51.1 Å². The minimum Gasteiger partial charge on any atom is -0.468 e. The summed E-state index contributed by atoms with van der Waals surface area (Å²) in [6.45, 7) is 0.469. The van der Waals surface area contributed by atoms with Gasteiger partial charge in [-0.2, -0.15) is 0 Å². The van der Waals surface area contributed by atoms with Crippen LogP contribution in [0.25, 0.3) is 0 Å². The van der Waals surface area contributed by atoms with E-state index in [9.17, 15) is 14.4 Å². The Labute approximate surface area is 188 Å². The van der Waals surface area contributed by atoms with E-state index in [4.69, 9.17) is 9.94 Å². The highest BCUT2D eigenvalue weighted by atomic mass is 16.5. The van der Waals surface area contributed by atoms with Crippen LogP contribution in [0.3, 0.4) is 0 Å². The van der Waals surface area contributed by atoms with Gasteiger partial charge in [0.2, 0.25) is 11.8 Å². The fraction of sp³-hybridized carbons (Fsp3) is 0.375. The summed E-state index contributed by atoms with van der Waals surface area (Å²) >= 11 is 0. The van der Waals surface area contributed by atoms with Crippen LogP contribution in [0, 0.1) is 0 Å². The van der Waals surface area contributed by atoms with Crippen LogP contribution in [0.5, 0.6) is 0 Å². The number of methoxy groups -OCH3 is 1. The largest absolute Gasteiger partial charge is 0.468 e. The Bertz CT molecular complexity index is 856. The van der Waals surface area contributed by atoms with Crippen LogP contribution in [0.1, 0.15) is 55.7 Å². The minimum absolute atomic E-state index is 0.0567. The summed E-state index contributed by atoms with van der Waals surface area (Å²) in [5.74, 6) is -0.794. The van der Waals surface area contributed by atoms with E-state index in [1.807, 2.05) is 54.6 Å². The van der Waals surface area contributed by atoms with Gasteiger partial charge in [-0.05, 0) is 36.1 Å². The Balaban J connectivity index is 1.74. The second kappa shape index (κ2) is 14.0. The van der Waals surface area contributed by atoms with Crippen LogP contribution < -0.4 is 16.1 Å². The van der Waals surface area contributed by atoms with E-state index in [-0.39, 0.29) is 24.2 Å². The van der Waals surface area contributed by atoms with Crippen molar-refractivity contribution in [1.82, 2.24) is 10.8 Å². The van der Waals surface area contributed by atoms with Crippen molar-refractivity contribution < 1.29 is 24.3 Å². The number of nitrogens with one attached hydrogen (secondary N) is 3. The standard InChI is InChI=1S/C24H31N3O5/c1-32-24(30)23(19-9-5-4-6-10-19)25-17-18-13-15-20(16-14-18)26-21(28)11-7-2-3-8-12-22(29)27-31/h4-6,9-10,13-16,23,25,31H,2-3,7-8,11-12,17H2,1H3,(H,26,28)(H,27,29)/t23-/m1/s1. The van der Waals surface area contributed by atoms with Crippen LogP contribution in [-0.4, -0.2) is 30.1 Å². The second-order valence-corrected chi connectivity index (χ2v) is 7.44. The van der Waals surface area contributed by atoms with Crippen molar-refractivity contribution in [1.29, 1.82) is 0 Å². The first-order valence-corrected chi connectivity index (χ1v) is 10.7. The molecule has 172 valence electrons. The third kappa shape index (κ3) is 8.87. The number of hydrogen-bond donors (Lipinski definition) is 4. The molecule has 0 aliphatic rings. The summed E-state index contributed by atoms with van der Waals surface area (Å²) in [5, 5.41) is 14.5. The molecule has 2 amide bonds. The Kier molecular flexibility index (Phi) is 10.9. The maximum absolute atomic E-state index is 12.1. The van der Waals surface area contributed by atoms with Gasteiger partial charge in [0, 0.05) is 25.1 Å². The fourth-order valence-corrected chi connectivity index (χ4v) is 3.23. The Morgan fingerprint density at radius 1 is 0.875 bits per heavy atom. The van der Waals surface area contributed by atoms with E-state index in [0.717, 1.165) is 30.4 Å². The summed E-state index contributed by atoms with van der Waals surface area (Å²) in [4.78, 5) is 35.1. The normalized spacial score (nSPS) is 11.4. The van der Waals surface area contributed by atoms with Crippen LogP contribution in [0.15, 0.2) is 54.6 Å². The number of hydrogen-bond acceptors (Lipinski definition) is 6. The first-order valence-electron chi connectivity index (χ1n) is 10.7. The summed E-state index contributed by atoms with van der Waals surface area (Å²) in [6.07, 6.45) is 3.80. The number of rotatable bonds is 13. The van der Waals surface area contributed by atoms with Gasteiger partial charge in [0.05, 0.1) is 7.11 Å². The molecule has 0 aromatic heterocycles. The first-order chi connectivity index (χ1) is 15.5. The van der Waals surface area contributed by atoms with E-state index in [0.29, 0.717) is 25.1 Å². The van der Waals surface area contributed by atoms with Crippen LogP contribution >= 0.6 is 0 Å². The van der Waals surface area contributed by atoms with Crippen molar-refractivity contribution in [2.24, 2.45) is 0 Å². The monoisotopic (exact) mass is 441 g/mol. The number of carbonyl (C=O) groups excluding carboxylic acids is 3. The molecule has 32 heavy (non-hydrogen) atoms. The highest BCUT2D eigenvalue weighted by Gasteiger charge is 2.20. The summed E-state index contributed by atoms with van der Waals surface area (Å²) in [6, 6.07) is 16.3. The lowest BCUT2D eigenvalue weighted by atomic mass is 10.1. The fourth-order valence-electron chi connectivity index (χ4n) is 3.23. The van der Waals surface area contributed by atoms with Gasteiger partial charge in [0.1, 0.15) is 6.04 Å². The van der Waals surface area contributed by atoms with Gasteiger partial charge in [0.15, 0.2) is 0 Å². The molecule has 0 radical (unpaired) electrons. The summed E-state index contributed by atoms with van der Waals surface area (Å²) in [5.41, 5.74) is 4.13. The van der Waals surface area contributed by atoms with Gasteiger partial charge in [-0.3, -0.25) is 20.1 Å². The molecule has 0 spiro atoms. The highest BCUT2D eigenvalue weighted by Crippen LogP contribution is 2.16. The molecule has 0 aliphatic carbocycles. The van der Waals surface area contributed by atoms with Gasteiger partial charge in [-0.15, -0.1) is 0 Å². The Morgan fingerprint density at radius 3 is 2.09 bits per heavy atom. The maximum atomic E-state index is 12.1. The molecule has 0 saturated carbocycles. The predicted octanol–water partition coefficient (Wildman–Crippen LogP) is 3.48. The molecule has 2 rings (SSSR count). The smallest absolute Gasteiger partial charge is 0.327 e. The van der Waals surface area contributed by atoms with E-state index in [2.05, 4.69) is 10.6 Å². The number of benzene rings is 2. The maximum Gasteiger partial charge on any atom is 0.327 e. The number of hydroxylamine groups is 1. The van der Waals surface area contributed by atoms with Crippen LogP contribution in [0.2, 0.25) is 0 Å². The summed E-state index contributed by atoms with van der Waals surface area (Å²) in [7, 11) is 1.37. The lowest BCUT2D eigenvalue weighted by Crippen LogP contribution is -2.29. The molecule has 0 unspecified atom stereocenters. The Hall–Kier alpha value is -3.23. The number of carbonyl (C=O) groups is 3. The van der Waals surface area contributed by atoms with Crippen molar-refractivity contribution in [3.8, 4) is 0 Å². The van der Waals surface area contributed by atoms with Gasteiger partial charge in [-0.25, -0.2) is 10.3 Å². The molecule has 8 nitrogen and oxygen atoms in total. The minimum atomic E-state index is -0.557. The molecule has 2 aromatic rings. The molecular formula is C24H31N3O5. The number of esters is 1.